The second kappa shape index (κ2) is 8.83. The van der Waals surface area contributed by atoms with Crippen LogP contribution in [-0.2, 0) is 0 Å². The van der Waals surface area contributed by atoms with Gasteiger partial charge in [-0.15, -0.1) is 0 Å². The third-order valence-corrected chi connectivity index (χ3v) is 5.79. The van der Waals surface area contributed by atoms with Gasteiger partial charge >= 0.3 is 0 Å². The predicted molar refractivity (Wildman–Crippen MR) is 119 cm³/mol. The van der Waals surface area contributed by atoms with Crippen LogP contribution in [0.5, 0.6) is 0 Å². The Morgan fingerprint density at radius 3 is 2.65 bits per heavy atom. The predicted octanol–water partition coefficient (Wildman–Crippen LogP) is 6.26. The molecule has 1 aliphatic carbocycles. The maximum absolute atomic E-state index is 11.1. The minimum absolute atomic E-state index is 0.0136. The molecule has 4 rings (SSSR count). The van der Waals surface area contributed by atoms with E-state index >= 15 is 0 Å². The Labute approximate surface area is 181 Å². The summed E-state index contributed by atoms with van der Waals surface area (Å²) >= 11 is 0. The first-order valence-corrected chi connectivity index (χ1v) is 10.8. The zero-order chi connectivity index (χ0) is 22.0. The van der Waals surface area contributed by atoms with Gasteiger partial charge in [0.2, 0.25) is 5.95 Å². The Morgan fingerprint density at radius 2 is 1.94 bits per heavy atom. The molecule has 0 unspecified atom stereocenters. The van der Waals surface area contributed by atoms with Gasteiger partial charge in [-0.1, -0.05) is 44.3 Å². The van der Waals surface area contributed by atoms with Gasteiger partial charge in [-0.05, 0) is 37.8 Å². The van der Waals surface area contributed by atoms with E-state index in [-0.39, 0.29) is 11.6 Å². The molecule has 0 amide bonds. The van der Waals surface area contributed by atoms with Gasteiger partial charge in [-0.2, -0.15) is 0 Å². The summed E-state index contributed by atoms with van der Waals surface area (Å²) in [5.41, 5.74) is 4.15. The lowest BCUT2D eigenvalue weighted by molar-refractivity contribution is -0.384. The number of rotatable bonds is 6. The van der Waals surface area contributed by atoms with E-state index in [0.717, 1.165) is 41.2 Å². The van der Waals surface area contributed by atoms with Crippen LogP contribution in [-0.4, -0.2) is 20.0 Å². The Balaban J connectivity index is 1.74. The summed E-state index contributed by atoms with van der Waals surface area (Å²) in [6, 6.07) is 8.33. The van der Waals surface area contributed by atoms with E-state index in [1.807, 2.05) is 13.0 Å². The molecule has 2 heterocycles. The first-order chi connectivity index (χ1) is 14.9. The largest absolute Gasteiger partial charge is 0.361 e. The molecule has 0 saturated heterocycles. The fraction of sp³-hybridized carbons (Fsp3) is 0.435. The van der Waals surface area contributed by atoms with Crippen molar-refractivity contribution in [3.63, 3.8) is 0 Å². The first kappa shape index (κ1) is 21.0. The zero-order valence-corrected chi connectivity index (χ0v) is 18.1. The Hall–Kier alpha value is -3.29. The number of nitrogens with zero attached hydrogens (tertiary/aromatic N) is 4. The third kappa shape index (κ3) is 4.57. The van der Waals surface area contributed by atoms with Crippen LogP contribution in [0.1, 0.15) is 74.9 Å². The zero-order valence-electron chi connectivity index (χ0n) is 18.1. The standard InChI is InChI=1S/C23H27N5O3/c1-14(2)19-13-20(21-15(3)31-27-22(21)16-8-5-4-6-9-16)26-23(25-19)24-17-10-7-11-18(12-17)28(29)30/h7,10-14,16H,4-6,8-9H2,1-3H3,(H,24,25,26). The molecule has 1 saturated carbocycles. The van der Waals surface area contributed by atoms with Crippen molar-refractivity contribution < 1.29 is 9.45 Å². The number of nitro groups is 1. The highest BCUT2D eigenvalue weighted by atomic mass is 16.6. The highest BCUT2D eigenvalue weighted by molar-refractivity contribution is 5.68. The number of aryl methyl sites for hydroxylation is 1. The summed E-state index contributed by atoms with van der Waals surface area (Å²) in [7, 11) is 0. The fourth-order valence-corrected chi connectivity index (χ4v) is 4.13. The molecule has 1 fully saturated rings. The quantitative estimate of drug-likeness (QED) is 0.369. The van der Waals surface area contributed by atoms with Crippen LogP contribution >= 0.6 is 0 Å². The number of anilines is 2. The molecule has 3 aromatic rings. The number of aromatic nitrogens is 3. The van der Waals surface area contributed by atoms with Crippen LogP contribution in [0.4, 0.5) is 17.3 Å². The van der Waals surface area contributed by atoms with Crippen LogP contribution in [0.2, 0.25) is 0 Å². The second-order valence-electron chi connectivity index (χ2n) is 8.42. The SMILES string of the molecule is Cc1onc(C2CCCCC2)c1-c1cc(C(C)C)nc(Nc2cccc([N+](=O)[O-])c2)n1. The van der Waals surface area contributed by atoms with Gasteiger partial charge in [0.25, 0.3) is 5.69 Å². The minimum atomic E-state index is -0.418. The van der Waals surface area contributed by atoms with E-state index < -0.39 is 4.92 Å². The van der Waals surface area contributed by atoms with Gasteiger partial charge in [0.05, 0.1) is 21.9 Å². The summed E-state index contributed by atoms with van der Waals surface area (Å²) in [5, 5.41) is 18.7. The first-order valence-electron chi connectivity index (χ1n) is 10.8. The smallest absolute Gasteiger partial charge is 0.271 e. The van der Waals surface area contributed by atoms with Gasteiger partial charge in [0, 0.05) is 29.4 Å². The molecule has 2 aromatic heterocycles. The highest BCUT2D eigenvalue weighted by Crippen LogP contribution is 2.39. The van der Waals surface area contributed by atoms with E-state index in [1.54, 1.807) is 12.1 Å². The molecular formula is C23H27N5O3. The van der Waals surface area contributed by atoms with Crippen molar-refractivity contribution in [2.75, 3.05) is 5.32 Å². The van der Waals surface area contributed by atoms with Gasteiger partial charge < -0.3 is 9.84 Å². The third-order valence-electron chi connectivity index (χ3n) is 5.79. The van der Waals surface area contributed by atoms with Gasteiger partial charge in [-0.3, -0.25) is 10.1 Å². The number of non-ortho nitro benzene ring substituents is 1. The fourth-order valence-electron chi connectivity index (χ4n) is 4.13. The normalized spacial score (nSPS) is 14.7. The summed E-state index contributed by atoms with van der Waals surface area (Å²) in [6.45, 7) is 6.07. The van der Waals surface area contributed by atoms with E-state index in [0.29, 0.717) is 17.6 Å². The number of hydrogen-bond donors (Lipinski definition) is 1. The molecule has 0 spiro atoms. The van der Waals surface area contributed by atoms with E-state index in [4.69, 9.17) is 9.51 Å². The molecule has 162 valence electrons. The number of nitro benzene ring substituents is 1. The topological polar surface area (TPSA) is 107 Å². The van der Waals surface area contributed by atoms with Crippen LogP contribution < -0.4 is 5.32 Å². The van der Waals surface area contributed by atoms with E-state index in [9.17, 15) is 10.1 Å². The van der Waals surface area contributed by atoms with Crippen molar-refractivity contribution in [1.29, 1.82) is 0 Å². The van der Waals surface area contributed by atoms with Crippen LogP contribution in [0.15, 0.2) is 34.9 Å². The Kier molecular flexibility index (Phi) is 5.97. The Morgan fingerprint density at radius 1 is 1.16 bits per heavy atom. The number of hydrogen-bond acceptors (Lipinski definition) is 7. The van der Waals surface area contributed by atoms with Crippen molar-refractivity contribution in [1.82, 2.24) is 15.1 Å². The number of benzene rings is 1. The van der Waals surface area contributed by atoms with Crippen molar-refractivity contribution >= 4 is 17.3 Å². The molecule has 8 nitrogen and oxygen atoms in total. The van der Waals surface area contributed by atoms with Crippen molar-refractivity contribution in [2.45, 2.75) is 64.7 Å². The van der Waals surface area contributed by atoms with Gasteiger partial charge in [0.15, 0.2) is 0 Å². The van der Waals surface area contributed by atoms with Crippen LogP contribution in [0.25, 0.3) is 11.3 Å². The molecule has 1 aliphatic rings. The van der Waals surface area contributed by atoms with Crippen molar-refractivity contribution in [2.24, 2.45) is 0 Å². The average Bonchev–Trinajstić information content (AvgIpc) is 3.15. The molecule has 1 N–H and O–H groups in total. The van der Waals surface area contributed by atoms with Gasteiger partial charge in [0.1, 0.15) is 5.76 Å². The Bertz CT molecular complexity index is 1090. The summed E-state index contributed by atoms with van der Waals surface area (Å²) in [5.74, 6) is 1.71. The number of nitrogens with one attached hydrogen (secondary N) is 1. The van der Waals surface area contributed by atoms with Crippen LogP contribution in [0, 0.1) is 17.0 Å². The maximum atomic E-state index is 11.1. The lowest BCUT2D eigenvalue weighted by Crippen LogP contribution is -2.08. The van der Waals surface area contributed by atoms with E-state index in [1.165, 1.54) is 31.4 Å². The molecule has 0 atom stereocenters. The maximum Gasteiger partial charge on any atom is 0.271 e. The lowest BCUT2D eigenvalue weighted by atomic mass is 9.84. The molecular weight excluding hydrogens is 394 g/mol. The summed E-state index contributed by atoms with van der Waals surface area (Å²) in [4.78, 5) is 20.1. The molecule has 0 aliphatic heterocycles. The monoisotopic (exact) mass is 421 g/mol. The molecule has 8 heteroatoms. The van der Waals surface area contributed by atoms with Crippen molar-refractivity contribution in [3.8, 4) is 11.3 Å². The van der Waals surface area contributed by atoms with Gasteiger partial charge in [-0.25, -0.2) is 9.97 Å². The molecule has 31 heavy (non-hydrogen) atoms. The average molecular weight is 422 g/mol. The van der Waals surface area contributed by atoms with Crippen LogP contribution in [0.3, 0.4) is 0 Å². The van der Waals surface area contributed by atoms with E-state index in [2.05, 4.69) is 29.3 Å². The second-order valence-corrected chi connectivity index (χ2v) is 8.42. The van der Waals surface area contributed by atoms with Crippen molar-refractivity contribution in [3.05, 3.63) is 57.6 Å². The summed E-state index contributed by atoms with van der Waals surface area (Å²) in [6.07, 6.45) is 5.90. The molecule has 0 radical (unpaired) electrons. The minimum Gasteiger partial charge on any atom is -0.361 e. The summed E-state index contributed by atoms with van der Waals surface area (Å²) < 4.78 is 5.60. The molecule has 1 aromatic carbocycles. The lowest BCUT2D eigenvalue weighted by Gasteiger charge is -2.20. The highest BCUT2D eigenvalue weighted by Gasteiger charge is 2.26. The molecule has 0 bridgehead atoms.